The number of unbranched alkanes of at least 4 members (excludes halogenated alkanes) is 18. The highest BCUT2D eigenvalue weighted by atomic mass is 16.1. The number of nitrogens with zero attached hydrogens (tertiary/aromatic N) is 2. The minimum absolute atomic E-state index is 0.851. The minimum Gasteiger partial charge on any atom is -0.298 e. The molecular formula is C42H60N2O. The summed E-state index contributed by atoms with van der Waals surface area (Å²) in [7, 11) is 0. The van der Waals surface area contributed by atoms with E-state index in [9.17, 15) is 4.79 Å². The van der Waals surface area contributed by atoms with Crippen molar-refractivity contribution < 1.29 is 4.79 Å². The second-order valence-electron chi connectivity index (χ2n) is 12.4. The number of rotatable bonds is 26. The number of hydrogen-bond acceptors (Lipinski definition) is 3. The van der Waals surface area contributed by atoms with E-state index in [1.807, 2.05) is 36.9 Å². The van der Waals surface area contributed by atoms with Crippen LogP contribution in [0.4, 0.5) is 0 Å². The van der Waals surface area contributed by atoms with Crippen LogP contribution in [0.1, 0.15) is 159 Å². The molecule has 45 heavy (non-hydrogen) atoms. The van der Waals surface area contributed by atoms with Crippen molar-refractivity contribution in [3.63, 3.8) is 0 Å². The molecule has 2 rings (SSSR count). The van der Waals surface area contributed by atoms with E-state index in [1.54, 1.807) is 0 Å². The minimum atomic E-state index is 0.851. The number of carbonyl (C=O) groups excluding carboxylic acids is 1. The molecule has 0 bridgehead atoms. The molecular weight excluding hydrogens is 548 g/mol. The van der Waals surface area contributed by atoms with Gasteiger partial charge in [-0.1, -0.05) is 82.4 Å². The predicted octanol–water partition coefficient (Wildman–Crippen LogP) is 11.4. The molecule has 0 spiro atoms. The summed E-state index contributed by atoms with van der Waals surface area (Å²) in [5.41, 5.74) is 3.65. The number of pyridine rings is 2. The fourth-order valence-corrected chi connectivity index (χ4v) is 5.53. The maximum Gasteiger partial charge on any atom is 0.145 e. The Morgan fingerprint density at radius 1 is 0.533 bits per heavy atom. The summed E-state index contributed by atoms with van der Waals surface area (Å²) in [4.78, 5) is 19.8. The maximum absolute atomic E-state index is 11.4. The first-order valence-corrected chi connectivity index (χ1v) is 18.2. The monoisotopic (exact) mass is 608 g/mol. The fourth-order valence-electron chi connectivity index (χ4n) is 5.53. The summed E-state index contributed by atoms with van der Waals surface area (Å²) in [5, 5.41) is 0. The molecule has 3 heteroatoms. The fraction of sp³-hybridized carbons (Fsp3) is 0.595. The summed E-state index contributed by atoms with van der Waals surface area (Å²) in [5.74, 6) is 13.3. The molecule has 0 saturated carbocycles. The lowest BCUT2D eigenvalue weighted by molar-refractivity contribution is -0.105. The molecule has 0 aromatic carbocycles. The van der Waals surface area contributed by atoms with E-state index in [2.05, 4.69) is 51.9 Å². The Morgan fingerprint density at radius 3 is 1.40 bits per heavy atom. The Bertz CT molecular complexity index is 1120. The molecule has 2 aromatic rings. The van der Waals surface area contributed by atoms with E-state index < -0.39 is 0 Å². The third kappa shape index (κ3) is 23.8. The van der Waals surface area contributed by atoms with Gasteiger partial charge in [-0.3, -0.25) is 14.8 Å². The zero-order valence-electron chi connectivity index (χ0n) is 28.3. The van der Waals surface area contributed by atoms with Crippen molar-refractivity contribution in [3.05, 3.63) is 71.8 Å². The summed E-state index contributed by atoms with van der Waals surface area (Å²) < 4.78 is 0. The van der Waals surface area contributed by atoms with E-state index in [-0.39, 0.29) is 0 Å². The van der Waals surface area contributed by atoms with Gasteiger partial charge < -0.3 is 0 Å². The first-order chi connectivity index (χ1) is 22.4. The number of aryl methyl sites for hydroxylation is 2. The Morgan fingerprint density at radius 2 is 0.956 bits per heavy atom. The van der Waals surface area contributed by atoms with Crippen molar-refractivity contribution in [2.75, 3.05) is 0 Å². The normalized spacial score (nSPS) is 11.0. The van der Waals surface area contributed by atoms with Gasteiger partial charge in [-0.15, -0.1) is 23.7 Å². The van der Waals surface area contributed by atoms with Crippen molar-refractivity contribution >= 4 is 6.29 Å². The zero-order chi connectivity index (χ0) is 31.7. The van der Waals surface area contributed by atoms with Gasteiger partial charge in [-0.25, -0.2) is 0 Å². The van der Waals surface area contributed by atoms with Crippen LogP contribution < -0.4 is 0 Å². The lowest BCUT2D eigenvalue weighted by Crippen LogP contribution is -1.87. The number of allylic oxidation sites excluding steroid dienone is 2. The summed E-state index contributed by atoms with van der Waals surface area (Å²) in [6.45, 7) is 0. The first-order valence-electron chi connectivity index (χ1n) is 18.2. The summed E-state index contributed by atoms with van der Waals surface area (Å²) in [6, 6.07) is 8.39. The molecule has 0 aliphatic rings. The second-order valence-corrected chi connectivity index (χ2v) is 12.4. The lowest BCUT2D eigenvalue weighted by atomic mass is 10.0. The van der Waals surface area contributed by atoms with Gasteiger partial charge in [0.2, 0.25) is 0 Å². The van der Waals surface area contributed by atoms with Crippen molar-refractivity contribution in [2.24, 2.45) is 0 Å². The quantitative estimate of drug-likeness (QED) is 0.0462. The molecule has 0 saturated heterocycles. The number of hydrogen-bond donors (Lipinski definition) is 0. The van der Waals surface area contributed by atoms with Crippen LogP contribution in [-0.2, 0) is 17.6 Å². The van der Waals surface area contributed by atoms with Gasteiger partial charge in [-0.2, -0.15) is 0 Å². The SMILES string of the molecule is O=C/C(=C/CCCCC#CCCCCCCCCCc1cccnc1)CCCC#CCCCCCCCCCc1cccnc1. The van der Waals surface area contributed by atoms with Gasteiger partial charge in [0, 0.05) is 50.5 Å². The van der Waals surface area contributed by atoms with Gasteiger partial charge >= 0.3 is 0 Å². The highest BCUT2D eigenvalue weighted by Crippen LogP contribution is 2.13. The van der Waals surface area contributed by atoms with Crippen molar-refractivity contribution in [1.82, 2.24) is 9.97 Å². The maximum atomic E-state index is 11.4. The van der Waals surface area contributed by atoms with Gasteiger partial charge in [0.05, 0.1) is 0 Å². The highest BCUT2D eigenvalue weighted by molar-refractivity contribution is 5.72. The Hall–Kier alpha value is -3.17. The third-order valence-electron chi connectivity index (χ3n) is 8.31. The summed E-state index contributed by atoms with van der Waals surface area (Å²) >= 11 is 0. The van der Waals surface area contributed by atoms with Crippen LogP contribution in [0, 0.1) is 23.7 Å². The smallest absolute Gasteiger partial charge is 0.145 e. The number of aromatic nitrogens is 2. The molecule has 0 unspecified atom stereocenters. The molecule has 244 valence electrons. The molecule has 0 aliphatic carbocycles. The Kier molecular flexibility index (Phi) is 25.0. The van der Waals surface area contributed by atoms with E-state index in [0.717, 1.165) is 82.5 Å². The van der Waals surface area contributed by atoms with E-state index in [4.69, 9.17) is 0 Å². The second kappa shape index (κ2) is 29.5. The molecule has 0 N–H and O–H groups in total. The van der Waals surface area contributed by atoms with Crippen LogP contribution in [0.15, 0.2) is 60.7 Å². The zero-order valence-corrected chi connectivity index (χ0v) is 28.3. The molecule has 0 atom stereocenters. The van der Waals surface area contributed by atoms with E-state index >= 15 is 0 Å². The van der Waals surface area contributed by atoms with E-state index in [0.29, 0.717) is 0 Å². The van der Waals surface area contributed by atoms with Gasteiger partial charge in [0.15, 0.2) is 0 Å². The lowest BCUT2D eigenvalue weighted by Gasteiger charge is -2.02. The third-order valence-corrected chi connectivity index (χ3v) is 8.31. The van der Waals surface area contributed by atoms with Crippen LogP contribution in [0.3, 0.4) is 0 Å². The van der Waals surface area contributed by atoms with Crippen molar-refractivity contribution in [2.45, 2.75) is 161 Å². The van der Waals surface area contributed by atoms with Crippen LogP contribution in [-0.4, -0.2) is 16.3 Å². The van der Waals surface area contributed by atoms with Crippen LogP contribution in [0.25, 0.3) is 0 Å². The number of carbonyl (C=O) groups is 1. The van der Waals surface area contributed by atoms with Crippen LogP contribution >= 0.6 is 0 Å². The van der Waals surface area contributed by atoms with Crippen LogP contribution in [0.5, 0.6) is 0 Å². The molecule has 0 fully saturated rings. The first kappa shape index (κ1) is 38.0. The molecule has 2 heterocycles. The van der Waals surface area contributed by atoms with Gasteiger partial charge in [-0.05, 0) is 99.5 Å². The van der Waals surface area contributed by atoms with E-state index in [1.165, 1.54) is 101 Å². The molecule has 0 aliphatic heterocycles. The standard InChI is InChI=1S/C42H60N2O/c45-39-42(32-26-22-18-14-10-6-5-8-12-16-20-24-30-41-34-28-36-44-38-41)31-25-21-17-13-9-4-2-1-3-7-11-15-19-23-29-40-33-27-35-43-37-40/h27-28,31,33-39H,1-3,5-8,10-13,15-17,19-26,29-30,32H2/b42-31+. The molecule has 2 aromatic heterocycles. The average molecular weight is 609 g/mol. The number of aldehydes is 1. The average Bonchev–Trinajstić information content (AvgIpc) is 3.08. The Balaban J connectivity index is 1.31. The van der Waals surface area contributed by atoms with Crippen molar-refractivity contribution in [1.29, 1.82) is 0 Å². The van der Waals surface area contributed by atoms with Crippen LogP contribution in [0.2, 0.25) is 0 Å². The highest BCUT2D eigenvalue weighted by Gasteiger charge is 1.97. The van der Waals surface area contributed by atoms with Crippen molar-refractivity contribution in [3.8, 4) is 23.7 Å². The molecule has 3 nitrogen and oxygen atoms in total. The molecule has 0 radical (unpaired) electrons. The summed E-state index contributed by atoms with van der Waals surface area (Å²) in [6.07, 6.45) is 40.3. The topological polar surface area (TPSA) is 42.9 Å². The molecule has 0 amide bonds. The predicted molar refractivity (Wildman–Crippen MR) is 192 cm³/mol. The largest absolute Gasteiger partial charge is 0.298 e. The van der Waals surface area contributed by atoms with Gasteiger partial charge in [0.1, 0.15) is 6.29 Å². The Labute approximate surface area is 276 Å². The van der Waals surface area contributed by atoms with Gasteiger partial charge in [0.25, 0.3) is 0 Å².